The summed E-state index contributed by atoms with van der Waals surface area (Å²) in [7, 11) is 0. The number of rotatable bonds is 5. The summed E-state index contributed by atoms with van der Waals surface area (Å²) in [6, 6.07) is 14.5. The molecule has 8 atom stereocenters. The number of aromatic nitrogens is 2. The van der Waals surface area contributed by atoms with Crippen molar-refractivity contribution < 1.29 is 34.1 Å². The fraction of sp³-hybridized carbons (Fsp3) is 0.475. The van der Waals surface area contributed by atoms with E-state index < -0.39 is 35.1 Å². The molecule has 1 aromatic heterocycles. The van der Waals surface area contributed by atoms with E-state index in [4.69, 9.17) is 25.3 Å². The molecular formula is C40H46N4O7. The van der Waals surface area contributed by atoms with Crippen LogP contribution in [0.15, 0.2) is 65.3 Å². The number of carboxylic acids is 1. The molecular weight excluding hydrogens is 648 g/mol. The first-order valence-electron chi connectivity index (χ1n) is 17.7. The van der Waals surface area contributed by atoms with Gasteiger partial charge >= 0.3 is 11.9 Å². The lowest BCUT2D eigenvalue weighted by atomic mass is 9.45. The van der Waals surface area contributed by atoms with E-state index in [1.807, 2.05) is 43.5 Å². The predicted molar refractivity (Wildman–Crippen MR) is 191 cm³/mol. The van der Waals surface area contributed by atoms with Crippen LogP contribution >= 0.6 is 0 Å². The zero-order valence-corrected chi connectivity index (χ0v) is 29.8. The molecule has 0 bridgehead atoms. The lowest BCUT2D eigenvalue weighted by Crippen LogP contribution is -2.62. The van der Waals surface area contributed by atoms with Crippen LogP contribution in [0.5, 0.6) is 0 Å². The molecule has 0 unspecified atom stereocenters. The van der Waals surface area contributed by atoms with Crippen LogP contribution in [0.4, 0.5) is 5.69 Å². The molecule has 2 aromatic carbocycles. The van der Waals surface area contributed by atoms with Gasteiger partial charge in [-0.25, -0.2) is 14.5 Å². The van der Waals surface area contributed by atoms with Crippen LogP contribution in [-0.2, 0) is 25.5 Å². The van der Waals surface area contributed by atoms with Gasteiger partial charge in [0.2, 0.25) is 5.78 Å². The number of carbonyl (C=O) groups is 3. The van der Waals surface area contributed by atoms with Crippen LogP contribution < -0.4 is 5.73 Å². The molecule has 0 saturated heterocycles. The van der Waals surface area contributed by atoms with E-state index in [0.29, 0.717) is 30.8 Å². The number of ketones is 1. The van der Waals surface area contributed by atoms with E-state index in [9.17, 15) is 24.6 Å². The number of fused-ring (bicyclic) bond motifs is 8. The number of carboxylic acid groups (broad SMARTS) is 1. The quantitative estimate of drug-likeness (QED) is 0.228. The van der Waals surface area contributed by atoms with E-state index in [-0.39, 0.29) is 41.1 Å². The molecule has 268 valence electrons. The molecule has 3 saturated carbocycles. The number of para-hydroxylation sites is 1. The first-order chi connectivity index (χ1) is 24.2. The highest BCUT2D eigenvalue weighted by Crippen LogP contribution is 2.69. The second-order valence-electron chi connectivity index (χ2n) is 15.4. The second kappa shape index (κ2) is 12.5. The van der Waals surface area contributed by atoms with Crippen LogP contribution in [0.2, 0.25) is 0 Å². The average molecular weight is 695 g/mol. The molecule has 4 N–H and O–H groups in total. The normalized spacial score (nSPS) is 32.6. The van der Waals surface area contributed by atoms with E-state index >= 15 is 0 Å². The second-order valence-corrected chi connectivity index (χ2v) is 15.4. The van der Waals surface area contributed by atoms with Crippen molar-refractivity contribution >= 4 is 35.4 Å². The number of hydrogen-bond acceptors (Lipinski definition) is 9. The minimum absolute atomic E-state index is 0.0260. The number of aliphatic hydroxyl groups excluding tert-OH is 1. The molecule has 0 spiro atoms. The number of nitrogen functional groups attached to an aromatic ring is 1. The summed E-state index contributed by atoms with van der Waals surface area (Å²) < 4.78 is 13.1. The largest absolute Gasteiger partial charge is 0.478 e. The van der Waals surface area contributed by atoms with Crippen LogP contribution in [0.25, 0.3) is 11.8 Å². The maximum absolute atomic E-state index is 13.8. The number of anilines is 1. The Kier molecular flexibility index (Phi) is 8.48. The average Bonchev–Trinajstić information content (AvgIpc) is 3.72. The van der Waals surface area contributed by atoms with Crippen molar-refractivity contribution in [1.29, 1.82) is 0 Å². The zero-order chi connectivity index (χ0) is 36.5. The van der Waals surface area contributed by atoms with Crippen molar-refractivity contribution in [2.75, 3.05) is 12.3 Å². The van der Waals surface area contributed by atoms with Crippen LogP contribution in [-0.4, -0.2) is 68.0 Å². The fourth-order valence-corrected chi connectivity index (χ4v) is 10.3. The van der Waals surface area contributed by atoms with Crippen molar-refractivity contribution in [3.8, 4) is 5.69 Å². The summed E-state index contributed by atoms with van der Waals surface area (Å²) in [4.78, 5) is 41.8. The molecule has 8 rings (SSSR count). The molecule has 2 heterocycles. The number of hydrogen-bond donors (Lipinski definition) is 3. The molecule has 0 radical (unpaired) electrons. The Morgan fingerprint density at radius 1 is 1.12 bits per heavy atom. The number of benzene rings is 2. The summed E-state index contributed by atoms with van der Waals surface area (Å²) in [6.07, 6.45) is 6.54. The number of nitrogens with zero attached hydrogens (tertiary/aromatic N) is 3. The van der Waals surface area contributed by atoms with Crippen LogP contribution in [0.3, 0.4) is 0 Å². The van der Waals surface area contributed by atoms with Crippen molar-refractivity contribution in [1.82, 2.24) is 9.78 Å². The summed E-state index contributed by atoms with van der Waals surface area (Å²) in [5.41, 5.74) is 9.50. The van der Waals surface area contributed by atoms with Gasteiger partial charge in [-0.3, -0.25) is 9.59 Å². The van der Waals surface area contributed by atoms with E-state index in [1.165, 1.54) is 12.5 Å². The minimum Gasteiger partial charge on any atom is -0.478 e. The Labute approximate surface area is 297 Å². The highest BCUT2D eigenvalue weighted by atomic mass is 16.5. The summed E-state index contributed by atoms with van der Waals surface area (Å²) in [6.45, 7) is 9.02. The Morgan fingerprint density at radius 2 is 1.88 bits per heavy atom. The lowest BCUT2D eigenvalue weighted by molar-refractivity contribution is -0.156. The van der Waals surface area contributed by atoms with Crippen molar-refractivity contribution in [3.05, 3.63) is 82.7 Å². The third-order valence-electron chi connectivity index (χ3n) is 12.6. The standard InChI is InChI=1S/C33H37N3O7.C7H9N/c1-17-34-33(27(39)16-42-18(2)37)28(43-17)12-24-23-9-8-21-11-25-20(13-31(21,3)29(23)26(38)14-32(24,33)4)15-36(35-25)22-7-5-6-19(10-22)30(40)41;1-6-4-2-3-5-7(6)8/h5-7,10-11,15,23-24,26,28-29,38H,8-9,12-14,16H2,1-4H3,(H,40,41);2-5H,8H2,1H3/t23-,24-,26-,28+,29+,31-,32-,33+;/m0./s1. The first-order valence-corrected chi connectivity index (χ1v) is 17.7. The number of aliphatic hydroxyl groups is 1. The number of allylic oxidation sites excluding steroid dienone is 1. The van der Waals surface area contributed by atoms with Gasteiger partial charge in [-0.2, -0.15) is 5.10 Å². The third-order valence-corrected chi connectivity index (χ3v) is 12.6. The highest BCUT2D eigenvalue weighted by molar-refractivity contribution is 5.97. The number of nitrogens with two attached hydrogens (primary N) is 1. The van der Waals surface area contributed by atoms with Crippen LogP contribution in [0.1, 0.15) is 80.6 Å². The Bertz CT molecular complexity index is 1960. The molecule has 1 aliphatic heterocycles. The topological polar surface area (TPSA) is 166 Å². The first kappa shape index (κ1) is 34.7. The zero-order valence-electron chi connectivity index (χ0n) is 29.8. The Hall–Kier alpha value is -4.77. The van der Waals surface area contributed by atoms with Gasteiger partial charge in [-0.15, -0.1) is 0 Å². The fourth-order valence-electron chi connectivity index (χ4n) is 10.3. The molecule has 11 nitrogen and oxygen atoms in total. The Morgan fingerprint density at radius 3 is 2.57 bits per heavy atom. The molecule has 4 aliphatic carbocycles. The van der Waals surface area contributed by atoms with Gasteiger partial charge in [-0.1, -0.05) is 43.7 Å². The lowest BCUT2D eigenvalue weighted by Gasteiger charge is -2.60. The number of aliphatic imine (C=N–C) groups is 1. The van der Waals surface area contributed by atoms with Gasteiger partial charge in [-0.05, 0) is 104 Å². The smallest absolute Gasteiger partial charge is 0.335 e. The highest BCUT2D eigenvalue weighted by Gasteiger charge is 2.74. The van der Waals surface area contributed by atoms with Gasteiger partial charge in [0.1, 0.15) is 6.10 Å². The van der Waals surface area contributed by atoms with Crippen molar-refractivity contribution in [3.63, 3.8) is 0 Å². The molecule has 5 aliphatic rings. The predicted octanol–water partition coefficient (Wildman–Crippen LogP) is 5.60. The number of carbonyl (C=O) groups excluding carboxylic acids is 2. The summed E-state index contributed by atoms with van der Waals surface area (Å²) >= 11 is 0. The van der Waals surface area contributed by atoms with E-state index in [2.05, 4.69) is 19.9 Å². The summed E-state index contributed by atoms with van der Waals surface area (Å²) in [5.74, 6) is -1.07. The molecule has 0 amide bonds. The van der Waals surface area contributed by atoms with E-state index in [0.717, 1.165) is 35.3 Å². The van der Waals surface area contributed by atoms with Gasteiger partial charge in [0.05, 0.1) is 23.0 Å². The van der Waals surface area contributed by atoms with Gasteiger partial charge in [0, 0.05) is 31.1 Å². The maximum atomic E-state index is 13.8. The van der Waals surface area contributed by atoms with Gasteiger partial charge in [0.15, 0.2) is 18.0 Å². The molecule has 3 aromatic rings. The molecule has 51 heavy (non-hydrogen) atoms. The number of esters is 1. The number of aryl methyl sites for hydroxylation is 1. The van der Waals surface area contributed by atoms with Crippen LogP contribution in [0, 0.1) is 35.5 Å². The molecule has 3 fully saturated rings. The molecule has 11 heteroatoms. The summed E-state index contributed by atoms with van der Waals surface area (Å²) in [5, 5.41) is 26.3. The number of Topliss-reactive ketones (excluding diaryl/α,β-unsaturated/α-hetero) is 1. The van der Waals surface area contributed by atoms with Gasteiger partial charge in [0.25, 0.3) is 0 Å². The Balaban J connectivity index is 0.000000450. The minimum atomic E-state index is -1.19. The third kappa shape index (κ3) is 5.48. The number of ether oxygens (including phenoxy) is 2. The van der Waals surface area contributed by atoms with Crippen molar-refractivity contribution in [2.24, 2.45) is 33.6 Å². The SMILES string of the molecule is CC(=O)OCC(=O)[C@@]12N=C(C)O[C@@H]1C[C@H]1[C@@H]3CCC4=Cc5nn(-c6cccc(C(=O)O)c6)cc5C[C@]4(C)[C@H]3[C@@H](O)C[C@@]12C.Cc1ccccc1N. The van der Waals surface area contributed by atoms with E-state index in [1.54, 1.807) is 29.8 Å². The van der Waals surface area contributed by atoms with Crippen molar-refractivity contribution in [2.45, 2.75) is 84.5 Å². The number of aromatic carboxylic acids is 1. The monoisotopic (exact) mass is 694 g/mol. The van der Waals surface area contributed by atoms with Gasteiger partial charge < -0.3 is 25.4 Å². The maximum Gasteiger partial charge on any atom is 0.335 e.